The molecular weight excluding hydrogens is 370 g/mol. The molecule has 0 saturated carbocycles. The molecule has 2 aromatic rings. The van der Waals surface area contributed by atoms with Crippen molar-refractivity contribution in [3.8, 4) is 11.5 Å². The molecule has 150 valence electrons. The normalized spacial score (nSPS) is 19.0. The molecule has 0 radical (unpaired) electrons. The molecule has 7 nitrogen and oxygen atoms in total. The molecule has 1 aliphatic heterocycles. The van der Waals surface area contributed by atoms with Crippen LogP contribution in [0.4, 0.5) is 0 Å². The SMILES string of the molecule is COc1cc(CNCC2CNCC2O)ccc1OCc1c(C)noc1C.Cl. The van der Waals surface area contributed by atoms with E-state index in [4.69, 9.17) is 14.0 Å². The summed E-state index contributed by atoms with van der Waals surface area (Å²) >= 11 is 0. The highest BCUT2D eigenvalue weighted by atomic mass is 35.5. The number of hydrogen-bond donors (Lipinski definition) is 3. The van der Waals surface area contributed by atoms with E-state index >= 15 is 0 Å². The number of halogens is 1. The lowest BCUT2D eigenvalue weighted by atomic mass is 10.1. The number of nitrogens with zero attached hydrogens (tertiary/aromatic N) is 1. The number of rotatable bonds is 8. The Morgan fingerprint density at radius 1 is 1.30 bits per heavy atom. The van der Waals surface area contributed by atoms with Crippen LogP contribution in [0.15, 0.2) is 22.7 Å². The van der Waals surface area contributed by atoms with Gasteiger partial charge in [0.25, 0.3) is 0 Å². The van der Waals surface area contributed by atoms with Crippen molar-refractivity contribution in [3.05, 3.63) is 40.8 Å². The third kappa shape index (κ3) is 5.35. The molecule has 2 heterocycles. The first kappa shape index (κ1) is 21.5. The van der Waals surface area contributed by atoms with Crippen LogP contribution in [0.25, 0.3) is 0 Å². The van der Waals surface area contributed by atoms with E-state index in [0.29, 0.717) is 31.2 Å². The van der Waals surface area contributed by atoms with Crippen LogP contribution >= 0.6 is 12.4 Å². The zero-order valence-corrected chi connectivity index (χ0v) is 16.8. The molecule has 3 N–H and O–H groups in total. The Balaban J connectivity index is 0.00000261. The Labute approximate surface area is 165 Å². The number of benzene rings is 1. The zero-order chi connectivity index (χ0) is 18.5. The van der Waals surface area contributed by atoms with Gasteiger partial charge in [0, 0.05) is 32.1 Å². The van der Waals surface area contributed by atoms with Crippen LogP contribution in [-0.4, -0.2) is 43.1 Å². The summed E-state index contributed by atoms with van der Waals surface area (Å²) in [5, 5.41) is 20.4. The van der Waals surface area contributed by atoms with Crippen molar-refractivity contribution >= 4 is 12.4 Å². The number of aryl methyl sites for hydroxylation is 2. The second kappa shape index (κ2) is 9.94. The second-order valence-corrected chi connectivity index (χ2v) is 6.69. The lowest BCUT2D eigenvalue weighted by molar-refractivity contribution is 0.146. The van der Waals surface area contributed by atoms with Crippen LogP contribution in [0, 0.1) is 19.8 Å². The number of nitrogens with one attached hydrogen (secondary N) is 2. The molecule has 1 aromatic carbocycles. The summed E-state index contributed by atoms with van der Waals surface area (Å²) in [4.78, 5) is 0. The zero-order valence-electron chi connectivity index (χ0n) is 15.9. The maximum absolute atomic E-state index is 9.83. The Morgan fingerprint density at radius 2 is 2.11 bits per heavy atom. The molecule has 0 aliphatic carbocycles. The minimum absolute atomic E-state index is 0. The molecule has 2 unspecified atom stereocenters. The van der Waals surface area contributed by atoms with E-state index in [1.54, 1.807) is 7.11 Å². The van der Waals surface area contributed by atoms with Gasteiger partial charge in [-0.1, -0.05) is 11.2 Å². The second-order valence-electron chi connectivity index (χ2n) is 6.69. The molecule has 0 amide bonds. The van der Waals surface area contributed by atoms with Crippen LogP contribution in [0.1, 0.15) is 22.6 Å². The van der Waals surface area contributed by atoms with Gasteiger partial charge >= 0.3 is 0 Å². The van der Waals surface area contributed by atoms with Gasteiger partial charge in [-0.15, -0.1) is 12.4 Å². The van der Waals surface area contributed by atoms with Gasteiger partial charge in [-0.05, 0) is 31.5 Å². The van der Waals surface area contributed by atoms with E-state index < -0.39 is 0 Å². The third-order valence-corrected chi connectivity index (χ3v) is 4.82. The molecule has 3 rings (SSSR count). The highest BCUT2D eigenvalue weighted by molar-refractivity contribution is 5.85. The van der Waals surface area contributed by atoms with Crippen LogP contribution in [-0.2, 0) is 13.2 Å². The summed E-state index contributed by atoms with van der Waals surface area (Å²) in [6.07, 6.45) is -0.267. The van der Waals surface area contributed by atoms with Gasteiger partial charge in [0.2, 0.25) is 0 Å². The van der Waals surface area contributed by atoms with E-state index in [9.17, 15) is 5.11 Å². The topological polar surface area (TPSA) is 88.8 Å². The standard InChI is InChI=1S/C19H27N3O4.ClH/c1-12-16(13(2)26-22-12)11-25-18-5-4-14(6-19(18)24-3)7-20-8-15-9-21-10-17(15)23;/h4-6,15,17,20-21,23H,7-11H2,1-3H3;1H. The molecule has 1 aliphatic rings. The average Bonchev–Trinajstić information content (AvgIpc) is 3.19. The van der Waals surface area contributed by atoms with Crippen molar-refractivity contribution in [2.24, 2.45) is 5.92 Å². The number of hydrogen-bond acceptors (Lipinski definition) is 7. The summed E-state index contributed by atoms with van der Waals surface area (Å²) in [6, 6.07) is 5.90. The lowest BCUT2D eigenvalue weighted by Gasteiger charge is -2.15. The number of aliphatic hydroxyl groups excluding tert-OH is 1. The van der Waals surface area contributed by atoms with E-state index in [2.05, 4.69) is 15.8 Å². The summed E-state index contributed by atoms with van der Waals surface area (Å²) < 4.78 is 16.5. The Morgan fingerprint density at radius 3 is 2.74 bits per heavy atom. The largest absolute Gasteiger partial charge is 0.493 e. The van der Waals surface area contributed by atoms with Gasteiger partial charge in [-0.25, -0.2) is 0 Å². The summed E-state index contributed by atoms with van der Waals surface area (Å²) in [5.74, 6) is 2.41. The van der Waals surface area contributed by atoms with Gasteiger partial charge in [-0.3, -0.25) is 0 Å². The Bertz CT molecular complexity index is 718. The molecular formula is C19H28ClN3O4. The van der Waals surface area contributed by atoms with E-state index in [1.807, 2.05) is 32.0 Å². The highest BCUT2D eigenvalue weighted by Gasteiger charge is 2.24. The van der Waals surface area contributed by atoms with Crippen LogP contribution in [0.5, 0.6) is 11.5 Å². The van der Waals surface area contributed by atoms with Gasteiger partial charge < -0.3 is 29.7 Å². The third-order valence-electron chi connectivity index (χ3n) is 4.82. The quantitative estimate of drug-likeness (QED) is 0.627. The molecule has 0 spiro atoms. The van der Waals surface area contributed by atoms with Gasteiger partial charge in [-0.2, -0.15) is 0 Å². The number of ether oxygens (including phenoxy) is 2. The van der Waals surface area contributed by atoms with Crippen molar-refractivity contribution in [2.45, 2.75) is 33.1 Å². The smallest absolute Gasteiger partial charge is 0.161 e. The van der Waals surface area contributed by atoms with E-state index in [-0.39, 0.29) is 24.4 Å². The highest BCUT2D eigenvalue weighted by Crippen LogP contribution is 2.29. The maximum Gasteiger partial charge on any atom is 0.161 e. The fraction of sp³-hybridized carbons (Fsp3) is 0.526. The predicted molar refractivity (Wildman–Crippen MR) is 105 cm³/mol. The van der Waals surface area contributed by atoms with Crippen molar-refractivity contribution < 1.29 is 19.1 Å². The van der Waals surface area contributed by atoms with Gasteiger partial charge in [0.1, 0.15) is 12.4 Å². The monoisotopic (exact) mass is 397 g/mol. The van der Waals surface area contributed by atoms with Gasteiger partial charge in [0.05, 0.1) is 24.5 Å². The number of β-amino-alcohol motifs (C(OH)–C–C–N with tert-alkyl or cyclic N) is 1. The van der Waals surface area contributed by atoms with E-state index in [1.165, 1.54) is 0 Å². The van der Waals surface area contributed by atoms with Crippen molar-refractivity contribution in [3.63, 3.8) is 0 Å². The number of aliphatic hydroxyl groups is 1. The Kier molecular flexibility index (Phi) is 7.91. The fourth-order valence-corrected chi connectivity index (χ4v) is 3.13. The first-order chi connectivity index (χ1) is 12.6. The van der Waals surface area contributed by atoms with Crippen molar-refractivity contribution in [2.75, 3.05) is 26.7 Å². The van der Waals surface area contributed by atoms with Crippen LogP contribution in [0.3, 0.4) is 0 Å². The van der Waals surface area contributed by atoms with Gasteiger partial charge in [0.15, 0.2) is 11.5 Å². The first-order valence-corrected chi connectivity index (χ1v) is 8.89. The maximum atomic E-state index is 9.83. The summed E-state index contributed by atoms with van der Waals surface area (Å²) in [7, 11) is 1.63. The molecule has 27 heavy (non-hydrogen) atoms. The van der Waals surface area contributed by atoms with E-state index in [0.717, 1.165) is 35.7 Å². The number of aromatic nitrogens is 1. The average molecular weight is 398 g/mol. The molecule has 1 saturated heterocycles. The summed E-state index contributed by atoms with van der Waals surface area (Å²) in [5.41, 5.74) is 2.90. The molecule has 0 bridgehead atoms. The Hall–Kier alpha value is -1.80. The predicted octanol–water partition coefficient (Wildman–Crippen LogP) is 1.97. The lowest BCUT2D eigenvalue weighted by Crippen LogP contribution is -2.30. The number of methoxy groups -OCH3 is 1. The molecule has 1 fully saturated rings. The minimum atomic E-state index is -0.267. The molecule has 8 heteroatoms. The van der Waals surface area contributed by atoms with Crippen molar-refractivity contribution in [1.29, 1.82) is 0 Å². The van der Waals surface area contributed by atoms with Crippen LogP contribution < -0.4 is 20.1 Å². The van der Waals surface area contributed by atoms with Crippen molar-refractivity contribution in [1.82, 2.24) is 15.8 Å². The summed E-state index contributed by atoms with van der Waals surface area (Å²) in [6.45, 7) is 7.19. The molecule has 2 atom stereocenters. The molecule has 1 aromatic heterocycles. The fourth-order valence-electron chi connectivity index (χ4n) is 3.13. The first-order valence-electron chi connectivity index (χ1n) is 8.89. The van der Waals surface area contributed by atoms with Crippen LogP contribution in [0.2, 0.25) is 0 Å². The minimum Gasteiger partial charge on any atom is -0.493 e.